The number of rotatable bonds is 9. The van der Waals surface area contributed by atoms with Crippen LogP contribution in [0.1, 0.15) is 39.5 Å². The van der Waals surface area contributed by atoms with Gasteiger partial charge in [0.1, 0.15) is 11.6 Å². The quantitative estimate of drug-likeness (QED) is 0.589. The van der Waals surface area contributed by atoms with Gasteiger partial charge in [0.25, 0.3) is 0 Å². The maximum Gasteiger partial charge on any atom is 0.229 e. The van der Waals surface area contributed by atoms with Gasteiger partial charge >= 0.3 is 0 Å². The van der Waals surface area contributed by atoms with Crippen molar-refractivity contribution in [2.75, 3.05) is 13.1 Å². The van der Waals surface area contributed by atoms with Crippen molar-refractivity contribution in [1.82, 2.24) is 4.90 Å². The first kappa shape index (κ1) is 16.3. The number of carbonyl (C=O) groups is 4. The SMILES string of the molecule is CCN(CCCC(=O)CC(N)=O)C(=O)CC(C)=O. The maximum atomic E-state index is 11.6. The average molecular weight is 256 g/mol. The lowest BCUT2D eigenvalue weighted by atomic mass is 10.1. The smallest absolute Gasteiger partial charge is 0.229 e. The number of nitrogens with two attached hydrogens (primary N) is 1. The zero-order chi connectivity index (χ0) is 14.1. The highest BCUT2D eigenvalue weighted by atomic mass is 16.2. The van der Waals surface area contributed by atoms with Crippen molar-refractivity contribution in [3.8, 4) is 0 Å². The number of ketones is 2. The van der Waals surface area contributed by atoms with Gasteiger partial charge in [-0.3, -0.25) is 19.2 Å². The highest BCUT2D eigenvalue weighted by Crippen LogP contribution is 2.01. The molecule has 18 heavy (non-hydrogen) atoms. The number of primary amides is 1. The van der Waals surface area contributed by atoms with Crippen LogP contribution in [-0.2, 0) is 19.2 Å². The Morgan fingerprint density at radius 3 is 2.17 bits per heavy atom. The summed E-state index contributed by atoms with van der Waals surface area (Å²) in [6, 6.07) is 0. The van der Waals surface area contributed by atoms with Crippen LogP contribution in [0.3, 0.4) is 0 Å². The molecule has 0 aromatic rings. The van der Waals surface area contributed by atoms with E-state index < -0.39 is 5.91 Å². The first-order valence-corrected chi connectivity index (χ1v) is 5.94. The molecule has 2 N–H and O–H groups in total. The van der Waals surface area contributed by atoms with Gasteiger partial charge in [-0.05, 0) is 20.3 Å². The van der Waals surface area contributed by atoms with Crippen molar-refractivity contribution < 1.29 is 19.2 Å². The van der Waals surface area contributed by atoms with Crippen LogP contribution in [0.15, 0.2) is 0 Å². The van der Waals surface area contributed by atoms with Crippen LogP contribution < -0.4 is 5.73 Å². The third-order valence-corrected chi connectivity index (χ3v) is 2.39. The third kappa shape index (κ3) is 7.54. The van der Waals surface area contributed by atoms with E-state index in [4.69, 9.17) is 5.73 Å². The van der Waals surface area contributed by atoms with E-state index in [1.807, 2.05) is 6.92 Å². The highest BCUT2D eigenvalue weighted by Gasteiger charge is 2.14. The normalized spacial score (nSPS) is 9.89. The molecule has 0 spiro atoms. The van der Waals surface area contributed by atoms with Gasteiger partial charge in [-0.25, -0.2) is 0 Å². The number of hydrogen-bond acceptors (Lipinski definition) is 4. The minimum absolute atomic E-state index is 0.108. The van der Waals surface area contributed by atoms with Crippen LogP contribution in [0.25, 0.3) is 0 Å². The van der Waals surface area contributed by atoms with Gasteiger partial charge in [0, 0.05) is 19.5 Å². The fraction of sp³-hybridized carbons (Fsp3) is 0.667. The summed E-state index contributed by atoms with van der Waals surface area (Å²) in [5, 5.41) is 0. The average Bonchev–Trinajstić information content (AvgIpc) is 2.22. The molecule has 0 aromatic heterocycles. The number of Topliss-reactive ketones (excluding diaryl/α,β-unsaturated/α-hetero) is 2. The second-order valence-corrected chi connectivity index (χ2v) is 4.14. The molecule has 6 heteroatoms. The fourth-order valence-electron chi connectivity index (χ4n) is 1.53. The molecular formula is C12H20N2O4. The Kier molecular flexibility index (Phi) is 7.58. The zero-order valence-electron chi connectivity index (χ0n) is 10.9. The molecule has 0 rings (SSSR count). The lowest BCUT2D eigenvalue weighted by Crippen LogP contribution is -2.33. The summed E-state index contributed by atoms with van der Waals surface area (Å²) in [5.41, 5.74) is 4.89. The molecule has 0 aliphatic heterocycles. The van der Waals surface area contributed by atoms with Gasteiger partial charge in [0.15, 0.2) is 0 Å². The van der Waals surface area contributed by atoms with Crippen molar-refractivity contribution >= 4 is 23.4 Å². The number of nitrogens with zero attached hydrogens (tertiary/aromatic N) is 1. The lowest BCUT2D eigenvalue weighted by Gasteiger charge is -2.20. The van der Waals surface area contributed by atoms with Gasteiger partial charge in [-0.15, -0.1) is 0 Å². The van der Waals surface area contributed by atoms with Crippen LogP contribution >= 0.6 is 0 Å². The second kappa shape index (κ2) is 8.38. The van der Waals surface area contributed by atoms with Crippen LogP contribution in [0.2, 0.25) is 0 Å². The molecule has 2 amide bonds. The van der Waals surface area contributed by atoms with E-state index in [1.54, 1.807) is 0 Å². The standard InChI is InChI=1S/C12H20N2O4/c1-3-14(12(18)7-9(2)15)6-4-5-10(16)8-11(13)17/h3-8H2,1-2H3,(H2,13,17). The third-order valence-electron chi connectivity index (χ3n) is 2.39. The molecule has 0 bridgehead atoms. The van der Waals surface area contributed by atoms with Crippen molar-refractivity contribution in [3.05, 3.63) is 0 Å². The summed E-state index contributed by atoms with van der Waals surface area (Å²) in [4.78, 5) is 45.6. The Bertz CT molecular complexity index is 339. The van der Waals surface area contributed by atoms with Crippen LogP contribution in [0, 0.1) is 0 Å². The van der Waals surface area contributed by atoms with Crippen molar-refractivity contribution in [2.45, 2.75) is 39.5 Å². The number of carbonyl (C=O) groups excluding carboxylic acids is 4. The molecule has 0 unspecified atom stereocenters. The van der Waals surface area contributed by atoms with Crippen molar-refractivity contribution in [2.24, 2.45) is 5.73 Å². The molecule has 0 aromatic carbocycles. The van der Waals surface area contributed by atoms with E-state index in [-0.39, 0.29) is 36.7 Å². The predicted octanol–water partition coefficient (Wildman–Crippen LogP) is 0.0387. The van der Waals surface area contributed by atoms with E-state index in [0.29, 0.717) is 19.5 Å². The Morgan fingerprint density at radius 2 is 1.72 bits per heavy atom. The topological polar surface area (TPSA) is 97.5 Å². The van der Waals surface area contributed by atoms with Gasteiger partial charge in [-0.2, -0.15) is 0 Å². The number of amides is 2. The zero-order valence-corrected chi connectivity index (χ0v) is 10.9. The molecule has 6 nitrogen and oxygen atoms in total. The molecule has 0 aliphatic carbocycles. The van der Waals surface area contributed by atoms with E-state index in [0.717, 1.165) is 0 Å². The van der Waals surface area contributed by atoms with Crippen molar-refractivity contribution in [1.29, 1.82) is 0 Å². The monoisotopic (exact) mass is 256 g/mol. The summed E-state index contributed by atoms with van der Waals surface area (Å²) in [7, 11) is 0. The van der Waals surface area contributed by atoms with Gasteiger partial charge < -0.3 is 10.6 Å². The molecular weight excluding hydrogens is 236 g/mol. The van der Waals surface area contributed by atoms with Crippen LogP contribution in [0.4, 0.5) is 0 Å². The maximum absolute atomic E-state index is 11.6. The molecule has 0 radical (unpaired) electrons. The molecule has 0 heterocycles. The Morgan fingerprint density at radius 1 is 1.11 bits per heavy atom. The Hall–Kier alpha value is -1.72. The Balaban J connectivity index is 4.01. The molecule has 0 atom stereocenters. The first-order chi connectivity index (χ1) is 8.36. The fourth-order valence-corrected chi connectivity index (χ4v) is 1.53. The molecule has 0 saturated heterocycles. The van der Waals surface area contributed by atoms with Gasteiger partial charge in [-0.1, -0.05) is 0 Å². The minimum Gasteiger partial charge on any atom is -0.369 e. The molecule has 0 saturated carbocycles. The summed E-state index contributed by atoms with van der Waals surface area (Å²) >= 11 is 0. The summed E-state index contributed by atoms with van der Waals surface area (Å²) in [5.74, 6) is -1.27. The van der Waals surface area contributed by atoms with Crippen LogP contribution in [0.5, 0.6) is 0 Å². The molecule has 0 fully saturated rings. The summed E-state index contributed by atoms with van der Waals surface area (Å²) in [6.07, 6.45) is 0.326. The molecule has 102 valence electrons. The second-order valence-electron chi connectivity index (χ2n) is 4.14. The van der Waals surface area contributed by atoms with E-state index >= 15 is 0 Å². The largest absolute Gasteiger partial charge is 0.369 e. The van der Waals surface area contributed by atoms with Gasteiger partial charge in [0.2, 0.25) is 11.8 Å². The summed E-state index contributed by atoms with van der Waals surface area (Å²) in [6.45, 7) is 4.08. The minimum atomic E-state index is -0.639. The number of hydrogen-bond donors (Lipinski definition) is 1. The van der Waals surface area contributed by atoms with Gasteiger partial charge in [0.05, 0.1) is 12.8 Å². The van der Waals surface area contributed by atoms with E-state index in [2.05, 4.69) is 0 Å². The van der Waals surface area contributed by atoms with Crippen LogP contribution in [-0.4, -0.2) is 41.4 Å². The summed E-state index contributed by atoms with van der Waals surface area (Å²) < 4.78 is 0. The Labute approximate surface area is 106 Å². The lowest BCUT2D eigenvalue weighted by molar-refractivity contribution is -0.135. The predicted molar refractivity (Wildman–Crippen MR) is 65.6 cm³/mol. The highest BCUT2D eigenvalue weighted by molar-refractivity contribution is 5.97. The first-order valence-electron chi connectivity index (χ1n) is 5.94. The molecule has 0 aliphatic rings. The van der Waals surface area contributed by atoms with Crippen molar-refractivity contribution in [3.63, 3.8) is 0 Å². The van der Waals surface area contributed by atoms with E-state index in [1.165, 1.54) is 11.8 Å². The van der Waals surface area contributed by atoms with E-state index in [9.17, 15) is 19.2 Å².